The Balaban J connectivity index is 1.74. The third-order valence-corrected chi connectivity index (χ3v) is 2.76. The Kier molecular flexibility index (Phi) is 2.64. The maximum Gasteiger partial charge on any atom is 0.154 e. The maximum absolute atomic E-state index is 4.34. The van der Waals surface area contributed by atoms with Crippen LogP contribution in [0.25, 0.3) is 11.0 Å². The van der Waals surface area contributed by atoms with Crippen LogP contribution in [0.3, 0.4) is 0 Å². The predicted octanol–water partition coefficient (Wildman–Crippen LogP) is 0.741. The van der Waals surface area contributed by atoms with E-state index in [2.05, 4.69) is 30.5 Å². The molecule has 0 unspecified atom stereocenters. The highest BCUT2D eigenvalue weighted by Crippen LogP contribution is 2.18. The van der Waals surface area contributed by atoms with E-state index in [1.165, 1.54) is 6.33 Å². The van der Waals surface area contributed by atoms with Crippen LogP contribution in [0.4, 0.5) is 5.82 Å². The summed E-state index contributed by atoms with van der Waals surface area (Å²) in [6.45, 7) is 0.734. The van der Waals surface area contributed by atoms with Gasteiger partial charge in [-0.2, -0.15) is 5.10 Å². The Bertz CT molecular complexity index is 641. The molecule has 0 amide bonds. The highest BCUT2D eigenvalue weighted by atomic mass is 15.2. The van der Waals surface area contributed by atoms with Crippen molar-refractivity contribution in [2.24, 2.45) is 7.05 Å². The van der Waals surface area contributed by atoms with Gasteiger partial charge >= 0.3 is 0 Å². The van der Waals surface area contributed by atoms with Gasteiger partial charge in [0.1, 0.15) is 17.7 Å². The maximum atomic E-state index is 4.34. The molecule has 0 aliphatic rings. The topological polar surface area (TPSA) is 84.3 Å². The second-order valence-electron chi connectivity index (χ2n) is 3.99. The van der Waals surface area contributed by atoms with Crippen molar-refractivity contribution in [1.82, 2.24) is 29.7 Å². The van der Waals surface area contributed by atoms with E-state index in [4.69, 9.17) is 0 Å². The van der Waals surface area contributed by atoms with E-state index in [1.54, 1.807) is 12.5 Å². The zero-order valence-electron chi connectivity index (χ0n) is 9.96. The van der Waals surface area contributed by atoms with Crippen molar-refractivity contribution in [1.29, 1.82) is 0 Å². The molecule has 0 aromatic carbocycles. The number of nitrogens with zero attached hydrogens (tertiary/aromatic N) is 5. The summed E-state index contributed by atoms with van der Waals surface area (Å²) in [7, 11) is 1.97. The van der Waals surface area contributed by atoms with Crippen LogP contribution in [0.15, 0.2) is 24.9 Å². The van der Waals surface area contributed by atoms with E-state index in [0.717, 1.165) is 35.6 Å². The van der Waals surface area contributed by atoms with Crippen LogP contribution >= 0.6 is 0 Å². The predicted molar refractivity (Wildman–Crippen MR) is 67.1 cm³/mol. The van der Waals surface area contributed by atoms with Crippen molar-refractivity contribution >= 4 is 16.9 Å². The average molecular weight is 243 g/mol. The summed E-state index contributed by atoms with van der Waals surface area (Å²) in [6, 6.07) is 1.95. The van der Waals surface area contributed by atoms with Crippen LogP contribution in [-0.2, 0) is 13.5 Å². The van der Waals surface area contributed by atoms with E-state index < -0.39 is 0 Å². The van der Waals surface area contributed by atoms with Crippen LogP contribution in [0.1, 0.15) is 5.82 Å². The van der Waals surface area contributed by atoms with Crippen molar-refractivity contribution in [2.75, 3.05) is 11.9 Å². The van der Waals surface area contributed by atoms with E-state index >= 15 is 0 Å². The zero-order valence-corrected chi connectivity index (χ0v) is 9.96. The van der Waals surface area contributed by atoms with Crippen LogP contribution < -0.4 is 5.32 Å². The molecule has 0 aliphatic heterocycles. The summed E-state index contributed by atoms with van der Waals surface area (Å²) in [6.07, 6.45) is 5.84. The fourth-order valence-electron chi connectivity index (χ4n) is 1.84. The Hall–Kier alpha value is -2.44. The Morgan fingerprint density at radius 2 is 2.28 bits per heavy atom. The molecule has 0 bridgehead atoms. The van der Waals surface area contributed by atoms with Crippen LogP contribution in [0.2, 0.25) is 0 Å². The molecule has 18 heavy (non-hydrogen) atoms. The van der Waals surface area contributed by atoms with E-state index in [-0.39, 0.29) is 0 Å². The Morgan fingerprint density at radius 1 is 1.33 bits per heavy atom. The Morgan fingerprint density at radius 3 is 3.11 bits per heavy atom. The van der Waals surface area contributed by atoms with Gasteiger partial charge in [-0.15, -0.1) is 0 Å². The lowest BCUT2D eigenvalue weighted by atomic mass is 10.3. The van der Waals surface area contributed by atoms with Gasteiger partial charge in [-0.05, 0) is 6.07 Å². The van der Waals surface area contributed by atoms with Crippen molar-refractivity contribution < 1.29 is 0 Å². The second-order valence-corrected chi connectivity index (χ2v) is 3.99. The van der Waals surface area contributed by atoms with Crippen molar-refractivity contribution in [3.05, 3.63) is 30.7 Å². The number of fused-ring (bicyclic) bond motifs is 1. The largest absolute Gasteiger partial charge is 0.368 e. The first kappa shape index (κ1) is 10.7. The molecule has 7 heteroatoms. The number of anilines is 1. The minimum atomic E-state index is 0.734. The SMILES string of the molecule is Cn1cnc2c(NCCc3ncn[nH]3)nccc21. The lowest BCUT2D eigenvalue weighted by molar-refractivity contribution is 0.898. The number of aromatic nitrogens is 6. The van der Waals surface area contributed by atoms with Gasteiger partial charge in [0.05, 0.1) is 11.8 Å². The van der Waals surface area contributed by atoms with Crippen LogP contribution in [-0.4, -0.2) is 36.3 Å². The molecule has 3 rings (SSSR count). The number of aryl methyl sites for hydroxylation is 1. The molecule has 0 atom stereocenters. The van der Waals surface area contributed by atoms with Gasteiger partial charge in [0.25, 0.3) is 0 Å². The fraction of sp³-hybridized carbons (Fsp3) is 0.273. The third-order valence-electron chi connectivity index (χ3n) is 2.76. The smallest absolute Gasteiger partial charge is 0.154 e. The molecular formula is C11H13N7. The molecule has 92 valence electrons. The zero-order chi connectivity index (χ0) is 12.4. The first-order chi connectivity index (χ1) is 8.84. The van der Waals surface area contributed by atoms with E-state index in [9.17, 15) is 0 Å². The monoisotopic (exact) mass is 243 g/mol. The molecule has 0 saturated heterocycles. The van der Waals surface area contributed by atoms with Gasteiger partial charge in [0.2, 0.25) is 0 Å². The molecule has 3 heterocycles. The molecule has 0 radical (unpaired) electrons. The summed E-state index contributed by atoms with van der Waals surface area (Å²) in [4.78, 5) is 12.7. The van der Waals surface area contributed by atoms with Gasteiger partial charge in [-0.3, -0.25) is 5.10 Å². The van der Waals surface area contributed by atoms with Gasteiger partial charge < -0.3 is 9.88 Å². The molecular weight excluding hydrogens is 230 g/mol. The quantitative estimate of drug-likeness (QED) is 0.706. The van der Waals surface area contributed by atoms with Crippen molar-refractivity contribution in [3.63, 3.8) is 0 Å². The first-order valence-electron chi connectivity index (χ1n) is 5.69. The van der Waals surface area contributed by atoms with Gasteiger partial charge in [-0.25, -0.2) is 15.0 Å². The number of H-pyrrole nitrogens is 1. The molecule has 3 aromatic rings. The minimum Gasteiger partial charge on any atom is -0.368 e. The molecule has 0 fully saturated rings. The number of rotatable bonds is 4. The second kappa shape index (κ2) is 4.44. The highest BCUT2D eigenvalue weighted by molar-refractivity contribution is 5.85. The summed E-state index contributed by atoms with van der Waals surface area (Å²) in [5.74, 6) is 1.66. The molecule has 0 aliphatic carbocycles. The highest BCUT2D eigenvalue weighted by Gasteiger charge is 2.06. The summed E-state index contributed by atoms with van der Waals surface area (Å²) in [5, 5.41) is 9.89. The number of imidazole rings is 1. The third kappa shape index (κ3) is 1.90. The van der Waals surface area contributed by atoms with E-state index in [0.29, 0.717) is 0 Å². The average Bonchev–Trinajstić information content (AvgIpc) is 3.01. The van der Waals surface area contributed by atoms with Crippen molar-refractivity contribution in [3.8, 4) is 0 Å². The lowest BCUT2D eigenvalue weighted by Crippen LogP contribution is -2.07. The molecule has 3 aromatic heterocycles. The number of pyridine rings is 1. The summed E-state index contributed by atoms with van der Waals surface area (Å²) >= 11 is 0. The number of nitrogens with one attached hydrogen (secondary N) is 2. The molecule has 0 saturated carbocycles. The van der Waals surface area contributed by atoms with Crippen LogP contribution in [0, 0.1) is 0 Å². The standard InChI is InChI=1S/C11H13N7/c1-18-7-15-10-8(18)2-4-12-11(10)13-5-3-9-14-6-16-17-9/h2,4,6-7H,3,5H2,1H3,(H,12,13)(H,14,16,17). The van der Waals surface area contributed by atoms with Crippen LogP contribution in [0.5, 0.6) is 0 Å². The lowest BCUT2D eigenvalue weighted by Gasteiger charge is -2.04. The van der Waals surface area contributed by atoms with Gasteiger partial charge in [0, 0.05) is 26.2 Å². The van der Waals surface area contributed by atoms with Crippen molar-refractivity contribution in [2.45, 2.75) is 6.42 Å². The van der Waals surface area contributed by atoms with E-state index in [1.807, 2.05) is 17.7 Å². The van der Waals surface area contributed by atoms with Gasteiger partial charge in [0.15, 0.2) is 5.82 Å². The summed E-state index contributed by atoms with van der Waals surface area (Å²) in [5.41, 5.74) is 1.95. The number of aromatic amines is 1. The number of hydrogen-bond acceptors (Lipinski definition) is 5. The first-order valence-corrected chi connectivity index (χ1v) is 5.69. The molecule has 7 nitrogen and oxygen atoms in total. The molecule has 2 N–H and O–H groups in total. The number of hydrogen-bond donors (Lipinski definition) is 2. The van der Waals surface area contributed by atoms with Gasteiger partial charge in [-0.1, -0.05) is 0 Å². The summed E-state index contributed by atoms with van der Waals surface area (Å²) < 4.78 is 1.97. The minimum absolute atomic E-state index is 0.734. The Labute approximate surface area is 103 Å². The normalized spacial score (nSPS) is 10.9. The molecule has 0 spiro atoms. The fourth-order valence-corrected chi connectivity index (χ4v) is 1.84.